The molecule has 2 atom stereocenters. The van der Waals surface area contributed by atoms with Crippen LogP contribution in [0, 0.1) is 5.92 Å². The summed E-state index contributed by atoms with van der Waals surface area (Å²) >= 11 is 0. The first-order valence-electron chi connectivity index (χ1n) is 6.56. The molecule has 0 heterocycles. The van der Waals surface area contributed by atoms with Crippen LogP contribution in [0.5, 0.6) is 0 Å². The molecule has 0 saturated carbocycles. The van der Waals surface area contributed by atoms with Crippen LogP contribution in [-0.2, 0) is 14.4 Å². The smallest absolute Gasteiger partial charge is 0.413 e. The van der Waals surface area contributed by atoms with Gasteiger partial charge < -0.3 is 26.0 Å². The van der Waals surface area contributed by atoms with E-state index in [-0.39, 0.29) is 23.6 Å². The lowest BCUT2D eigenvalue weighted by Gasteiger charge is -2.21. The molecule has 0 aromatic carbocycles. The number of nitrogens with zero attached hydrogens (tertiary/aromatic N) is 1. The van der Waals surface area contributed by atoms with Crippen molar-refractivity contribution in [1.29, 1.82) is 0 Å². The fourth-order valence-corrected chi connectivity index (χ4v) is 1.60. The van der Waals surface area contributed by atoms with Gasteiger partial charge in [0, 0.05) is 0 Å². The number of hydrogen-bond acceptors (Lipinski definition) is 5. The van der Waals surface area contributed by atoms with E-state index in [1.165, 1.54) is 0 Å². The summed E-state index contributed by atoms with van der Waals surface area (Å²) in [5.74, 6) is -2.91. The molecule has 0 bridgehead atoms. The normalized spacial score (nSPS) is 12.8. The first kappa shape index (κ1) is 20.1. The van der Waals surface area contributed by atoms with Crippen LogP contribution in [0.4, 0.5) is 9.59 Å². The second-order valence-corrected chi connectivity index (χ2v) is 5.07. The largest absolute Gasteiger partial charge is 0.480 e. The number of imide groups is 1. The molecule has 0 aromatic heterocycles. The SMILES string of the molecule is CC(C)CC(NC(=O)N[C@@H](CN(C=O)C(=O)O)C(=O)O)C(=O)O. The Bertz CT molecular complexity index is 479. The van der Waals surface area contributed by atoms with Crippen molar-refractivity contribution in [1.82, 2.24) is 15.5 Å². The molecule has 11 heteroatoms. The third kappa shape index (κ3) is 7.64. The van der Waals surface area contributed by atoms with Crippen molar-refractivity contribution in [3.05, 3.63) is 0 Å². The molecule has 4 amide bonds. The van der Waals surface area contributed by atoms with Crippen molar-refractivity contribution < 1.29 is 39.3 Å². The molecular weight excluding hydrogens is 314 g/mol. The Hall–Kier alpha value is -2.85. The molecule has 0 aliphatic carbocycles. The Labute approximate surface area is 131 Å². The fourth-order valence-electron chi connectivity index (χ4n) is 1.60. The maximum Gasteiger partial charge on any atom is 0.413 e. The first-order valence-corrected chi connectivity index (χ1v) is 6.56. The minimum atomic E-state index is -1.72. The lowest BCUT2D eigenvalue weighted by molar-refractivity contribution is -0.140. The highest BCUT2D eigenvalue weighted by Gasteiger charge is 2.27. The predicted octanol–water partition coefficient (Wildman–Crippen LogP) is -0.625. The molecule has 11 nitrogen and oxygen atoms in total. The summed E-state index contributed by atoms with van der Waals surface area (Å²) < 4.78 is 0. The number of urea groups is 1. The van der Waals surface area contributed by atoms with Crippen LogP contribution in [-0.4, -0.2) is 69.3 Å². The molecule has 5 N–H and O–H groups in total. The number of amides is 4. The van der Waals surface area contributed by atoms with Gasteiger partial charge in [0.2, 0.25) is 6.41 Å². The number of rotatable bonds is 9. The van der Waals surface area contributed by atoms with Crippen molar-refractivity contribution >= 4 is 30.5 Å². The lowest BCUT2D eigenvalue weighted by atomic mass is 10.0. The zero-order valence-corrected chi connectivity index (χ0v) is 12.6. The van der Waals surface area contributed by atoms with E-state index < -0.39 is 42.7 Å². The van der Waals surface area contributed by atoms with Gasteiger partial charge in [0.25, 0.3) is 0 Å². The summed E-state index contributed by atoms with van der Waals surface area (Å²) in [4.78, 5) is 55.0. The Morgan fingerprint density at radius 2 is 1.48 bits per heavy atom. The molecule has 1 unspecified atom stereocenters. The summed E-state index contributed by atoms with van der Waals surface area (Å²) in [6, 6.07) is -4.04. The van der Waals surface area contributed by atoms with Crippen LogP contribution >= 0.6 is 0 Å². The molecule has 0 saturated heterocycles. The monoisotopic (exact) mass is 333 g/mol. The maximum atomic E-state index is 11.7. The van der Waals surface area contributed by atoms with Crippen LogP contribution in [0.15, 0.2) is 0 Å². The van der Waals surface area contributed by atoms with E-state index in [1.807, 2.05) is 5.32 Å². The van der Waals surface area contributed by atoms with Crippen LogP contribution in [0.3, 0.4) is 0 Å². The van der Waals surface area contributed by atoms with E-state index in [0.717, 1.165) is 0 Å². The van der Waals surface area contributed by atoms with Gasteiger partial charge >= 0.3 is 24.1 Å². The number of carbonyl (C=O) groups excluding carboxylic acids is 2. The Morgan fingerprint density at radius 1 is 1.00 bits per heavy atom. The Morgan fingerprint density at radius 3 is 1.83 bits per heavy atom. The third-order valence-electron chi connectivity index (χ3n) is 2.67. The highest BCUT2D eigenvalue weighted by atomic mass is 16.4. The van der Waals surface area contributed by atoms with Crippen LogP contribution < -0.4 is 10.6 Å². The van der Waals surface area contributed by atoms with Gasteiger partial charge in [0.05, 0.1) is 6.54 Å². The van der Waals surface area contributed by atoms with Gasteiger partial charge in [0.15, 0.2) is 0 Å². The van der Waals surface area contributed by atoms with Crippen molar-refractivity contribution in [2.75, 3.05) is 6.54 Å². The maximum absolute atomic E-state index is 11.7. The molecule has 0 radical (unpaired) electrons. The van der Waals surface area contributed by atoms with E-state index in [2.05, 4.69) is 5.32 Å². The minimum absolute atomic E-state index is 0.0377. The highest BCUT2D eigenvalue weighted by molar-refractivity contribution is 5.87. The number of aliphatic carboxylic acids is 2. The summed E-state index contributed by atoms with van der Waals surface area (Å²) in [6.07, 6.45) is -1.66. The number of hydrogen-bond donors (Lipinski definition) is 5. The average Bonchev–Trinajstić information content (AvgIpc) is 2.41. The molecule has 0 aliphatic heterocycles. The van der Waals surface area contributed by atoms with Gasteiger partial charge in [-0.25, -0.2) is 24.1 Å². The molecule has 0 rings (SSSR count). The average molecular weight is 333 g/mol. The van der Waals surface area contributed by atoms with Crippen LogP contribution in [0.1, 0.15) is 20.3 Å². The van der Waals surface area contributed by atoms with E-state index in [1.54, 1.807) is 13.8 Å². The van der Waals surface area contributed by atoms with Crippen molar-refractivity contribution in [2.45, 2.75) is 32.4 Å². The van der Waals surface area contributed by atoms with Gasteiger partial charge in [-0.1, -0.05) is 13.8 Å². The summed E-state index contributed by atoms with van der Waals surface area (Å²) in [5, 5.41) is 30.6. The van der Waals surface area contributed by atoms with Gasteiger partial charge in [-0.2, -0.15) is 0 Å². The molecule has 130 valence electrons. The van der Waals surface area contributed by atoms with E-state index >= 15 is 0 Å². The summed E-state index contributed by atoms with van der Waals surface area (Å²) in [6.45, 7) is 2.66. The number of carboxylic acids is 2. The zero-order chi connectivity index (χ0) is 18.2. The zero-order valence-electron chi connectivity index (χ0n) is 12.6. The van der Waals surface area contributed by atoms with Gasteiger partial charge in [-0.15, -0.1) is 0 Å². The van der Waals surface area contributed by atoms with E-state index in [9.17, 15) is 24.0 Å². The second kappa shape index (κ2) is 9.23. The van der Waals surface area contributed by atoms with Crippen molar-refractivity contribution in [2.24, 2.45) is 5.92 Å². The molecular formula is C12H19N3O8. The highest BCUT2D eigenvalue weighted by Crippen LogP contribution is 2.05. The number of carboxylic acid groups (broad SMARTS) is 3. The summed E-state index contributed by atoms with van der Waals surface area (Å²) in [5.41, 5.74) is 0. The quantitative estimate of drug-likeness (QED) is 0.347. The summed E-state index contributed by atoms with van der Waals surface area (Å²) in [7, 11) is 0. The van der Waals surface area contributed by atoms with Crippen LogP contribution in [0.2, 0.25) is 0 Å². The number of carbonyl (C=O) groups is 5. The topological polar surface area (TPSA) is 173 Å². The molecule has 0 spiro atoms. The van der Waals surface area contributed by atoms with Crippen molar-refractivity contribution in [3.63, 3.8) is 0 Å². The van der Waals surface area contributed by atoms with E-state index in [4.69, 9.17) is 15.3 Å². The lowest BCUT2D eigenvalue weighted by Crippen LogP contribution is -2.55. The minimum Gasteiger partial charge on any atom is -0.480 e. The number of nitrogens with one attached hydrogen (secondary N) is 2. The molecule has 0 aliphatic rings. The molecule has 0 aromatic rings. The first-order chi connectivity index (χ1) is 10.6. The van der Waals surface area contributed by atoms with Crippen LogP contribution in [0.25, 0.3) is 0 Å². The van der Waals surface area contributed by atoms with Gasteiger partial charge in [0.1, 0.15) is 12.1 Å². The second-order valence-electron chi connectivity index (χ2n) is 5.07. The van der Waals surface area contributed by atoms with Gasteiger partial charge in [-0.05, 0) is 12.3 Å². The Kier molecular flexibility index (Phi) is 8.08. The standard InChI is InChI=1S/C12H19N3O8/c1-6(2)3-7(9(17)18)13-11(21)14-8(10(19)20)4-15(5-16)12(22)23/h5-8H,3-4H2,1-2H3,(H,17,18)(H,19,20)(H,22,23)(H2,13,14,21)/t7?,8-/m0/s1. The third-order valence-corrected chi connectivity index (χ3v) is 2.67. The Balaban J connectivity index is 4.84. The van der Waals surface area contributed by atoms with Gasteiger partial charge in [-0.3, -0.25) is 4.79 Å². The molecule has 23 heavy (non-hydrogen) atoms. The fraction of sp³-hybridized carbons (Fsp3) is 0.583. The van der Waals surface area contributed by atoms with E-state index in [0.29, 0.717) is 0 Å². The van der Waals surface area contributed by atoms with Crippen molar-refractivity contribution in [3.8, 4) is 0 Å². The molecule has 0 fully saturated rings. The predicted molar refractivity (Wildman–Crippen MR) is 74.8 cm³/mol.